The maximum absolute atomic E-state index is 8.97. The summed E-state index contributed by atoms with van der Waals surface area (Å²) in [6, 6.07) is 32.2. The Morgan fingerprint density at radius 2 is 1.23 bits per heavy atom. The van der Waals surface area contributed by atoms with Crippen molar-refractivity contribution >= 4 is 33.2 Å². The smallest absolute Gasteiger partial charge is 0.246 e. The molecule has 0 fully saturated rings. The second kappa shape index (κ2) is 6.79. The monoisotopic (exact) mass is 397 g/mol. The number of hydrogen-bond donors (Lipinski definition) is 0. The van der Waals surface area contributed by atoms with Crippen LogP contribution in [0.25, 0.3) is 55.5 Å². The summed E-state index contributed by atoms with van der Waals surface area (Å²) in [6.07, 6.45) is 0. The van der Waals surface area contributed by atoms with Gasteiger partial charge in [-0.15, -0.1) is 0 Å². The molecule has 4 aromatic carbocycles. The van der Waals surface area contributed by atoms with Gasteiger partial charge in [0, 0.05) is 5.39 Å². The molecule has 2 aromatic heterocycles. The lowest BCUT2D eigenvalue weighted by Crippen LogP contribution is -1.84. The van der Waals surface area contributed by atoms with E-state index in [1.54, 1.807) is 0 Å². The number of aromatic nitrogens is 2. The third-order valence-corrected chi connectivity index (χ3v) is 5.55. The SMILES string of the molecule is N#Cc1ccc(-c2ccc(-c3ccc4oc5nc6ccccc6nc5c4c3)cc2)cc1. The summed E-state index contributed by atoms with van der Waals surface area (Å²) in [5.74, 6) is 0. The highest BCUT2D eigenvalue weighted by molar-refractivity contribution is 6.04. The molecule has 0 saturated carbocycles. The minimum absolute atomic E-state index is 0.557. The Bertz CT molecular complexity index is 1620. The predicted octanol–water partition coefficient (Wildman–Crippen LogP) is 6.73. The van der Waals surface area contributed by atoms with Crippen LogP contribution in [0.4, 0.5) is 0 Å². The highest BCUT2D eigenvalue weighted by Gasteiger charge is 2.12. The van der Waals surface area contributed by atoms with E-state index in [1.807, 2.05) is 54.6 Å². The molecule has 0 aliphatic rings. The Kier molecular flexibility index (Phi) is 3.81. The van der Waals surface area contributed by atoms with Crippen molar-refractivity contribution in [3.05, 3.63) is 96.6 Å². The molecular formula is C27H15N3O. The standard InChI is InChI=1S/C27H15N3O/c28-16-17-5-7-18(8-6-17)19-9-11-20(12-10-19)21-13-14-25-22(15-21)26-27(31-25)30-24-4-2-1-3-23(24)29-26/h1-15H. The van der Waals surface area contributed by atoms with Crippen LogP contribution in [0, 0.1) is 11.3 Å². The maximum atomic E-state index is 8.97. The highest BCUT2D eigenvalue weighted by Crippen LogP contribution is 2.32. The van der Waals surface area contributed by atoms with E-state index in [4.69, 9.17) is 14.7 Å². The summed E-state index contributed by atoms with van der Waals surface area (Å²) < 4.78 is 5.95. The molecule has 0 saturated heterocycles. The Morgan fingerprint density at radius 3 is 1.90 bits per heavy atom. The summed E-state index contributed by atoms with van der Waals surface area (Å²) in [7, 11) is 0. The van der Waals surface area contributed by atoms with Crippen molar-refractivity contribution in [3.63, 3.8) is 0 Å². The molecule has 0 bridgehead atoms. The van der Waals surface area contributed by atoms with Crippen molar-refractivity contribution < 1.29 is 4.42 Å². The molecule has 0 atom stereocenters. The number of furan rings is 1. The van der Waals surface area contributed by atoms with Crippen LogP contribution < -0.4 is 0 Å². The fourth-order valence-electron chi connectivity index (χ4n) is 3.91. The number of nitriles is 1. The molecule has 0 aliphatic carbocycles. The van der Waals surface area contributed by atoms with E-state index in [0.29, 0.717) is 11.3 Å². The van der Waals surface area contributed by atoms with Gasteiger partial charge in [-0.1, -0.05) is 54.6 Å². The Labute approximate surface area is 178 Å². The third-order valence-electron chi connectivity index (χ3n) is 5.55. The van der Waals surface area contributed by atoms with Crippen LogP contribution in [0.3, 0.4) is 0 Å². The molecule has 6 rings (SSSR count). The van der Waals surface area contributed by atoms with Crippen LogP contribution in [0.5, 0.6) is 0 Å². The fraction of sp³-hybridized carbons (Fsp3) is 0. The summed E-state index contributed by atoms with van der Waals surface area (Å²) >= 11 is 0. The van der Waals surface area contributed by atoms with Crippen LogP contribution >= 0.6 is 0 Å². The number of hydrogen-bond acceptors (Lipinski definition) is 4. The number of benzene rings is 4. The maximum Gasteiger partial charge on any atom is 0.246 e. The first kappa shape index (κ1) is 17.4. The molecule has 0 spiro atoms. The first-order chi connectivity index (χ1) is 15.3. The average Bonchev–Trinajstić information content (AvgIpc) is 3.19. The van der Waals surface area contributed by atoms with Gasteiger partial charge in [0.15, 0.2) is 0 Å². The number of para-hydroxylation sites is 2. The second-order valence-electron chi connectivity index (χ2n) is 7.45. The molecule has 0 radical (unpaired) electrons. The Morgan fingerprint density at radius 1 is 0.645 bits per heavy atom. The van der Waals surface area contributed by atoms with Gasteiger partial charge in [0.25, 0.3) is 0 Å². The lowest BCUT2D eigenvalue weighted by Gasteiger charge is -2.05. The van der Waals surface area contributed by atoms with Crippen LogP contribution in [0.15, 0.2) is 95.4 Å². The molecule has 144 valence electrons. The van der Waals surface area contributed by atoms with Crippen molar-refractivity contribution in [3.8, 4) is 28.3 Å². The highest BCUT2D eigenvalue weighted by atomic mass is 16.3. The van der Waals surface area contributed by atoms with E-state index in [2.05, 4.69) is 47.5 Å². The first-order valence-corrected chi connectivity index (χ1v) is 9.98. The number of rotatable bonds is 2. The van der Waals surface area contributed by atoms with Gasteiger partial charge in [-0.2, -0.15) is 5.26 Å². The van der Waals surface area contributed by atoms with Crippen molar-refractivity contribution in [2.45, 2.75) is 0 Å². The summed E-state index contributed by atoms with van der Waals surface area (Å²) in [5, 5.41) is 9.93. The van der Waals surface area contributed by atoms with E-state index in [0.717, 1.165) is 49.8 Å². The van der Waals surface area contributed by atoms with Gasteiger partial charge in [0.05, 0.1) is 22.7 Å². The van der Waals surface area contributed by atoms with E-state index in [9.17, 15) is 0 Å². The lowest BCUT2D eigenvalue weighted by molar-refractivity contribution is 0.655. The van der Waals surface area contributed by atoms with E-state index in [-0.39, 0.29) is 0 Å². The molecule has 0 unspecified atom stereocenters. The molecule has 0 aliphatic heterocycles. The molecule has 2 heterocycles. The first-order valence-electron chi connectivity index (χ1n) is 9.98. The number of nitrogens with zero attached hydrogens (tertiary/aromatic N) is 3. The summed E-state index contributed by atoms with van der Waals surface area (Å²) in [5.41, 5.74) is 8.87. The largest absolute Gasteiger partial charge is 0.436 e. The van der Waals surface area contributed by atoms with Crippen LogP contribution in [-0.4, -0.2) is 9.97 Å². The second-order valence-corrected chi connectivity index (χ2v) is 7.45. The Balaban J connectivity index is 1.42. The molecule has 6 aromatic rings. The van der Waals surface area contributed by atoms with Crippen molar-refractivity contribution in [2.75, 3.05) is 0 Å². The van der Waals surface area contributed by atoms with Gasteiger partial charge in [0.2, 0.25) is 5.71 Å². The molecule has 4 nitrogen and oxygen atoms in total. The van der Waals surface area contributed by atoms with E-state index < -0.39 is 0 Å². The van der Waals surface area contributed by atoms with E-state index >= 15 is 0 Å². The number of fused-ring (bicyclic) bond motifs is 4. The van der Waals surface area contributed by atoms with Crippen LogP contribution in [0.2, 0.25) is 0 Å². The quantitative estimate of drug-likeness (QED) is 0.325. The van der Waals surface area contributed by atoms with Crippen molar-refractivity contribution in [1.82, 2.24) is 9.97 Å². The topological polar surface area (TPSA) is 62.7 Å². The molecule has 0 N–H and O–H groups in total. The minimum atomic E-state index is 0.557. The van der Waals surface area contributed by atoms with Gasteiger partial charge in [-0.3, -0.25) is 0 Å². The van der Waals surface area contributed by atoms with Crippen molar-refractivity contribution in [2.24, 2.45) is 0 Å². The van der Waals surface area contributed by atoms with Gasteiger partial charge in [-0.25, -0.2) is 9.97 Å². The van der Waals surface area contributed by atoms with Gasteiger partial charge < -0.3 is 4.42 Å². The Hall–Kier alpha value is -4.49. The summed E-state index contributed by atoms with van der Waals surface area (Å²) in [4.78, 5) is 9.41. The van der Waals surface area contributed by atoms with Crippen molar-refractivity contribution in [1.29, 1.82) is 5.26 Å². The zero-order valence-corrected chi connectivity index (χ0v) is 16.4. The van der Waals surface area contributed by atoms with Gasteiger partial charge in [-0.05, 0) is 58.7 Å². The fourth-order valence-corrected chi connectivity index (χ4v) is 3.91. The average molecular weight is 397 g/mol. The van der Waals surface area contributed by atoms with Gasteiger partial charge >= 0.3 is 0 Å². The minimum Gasteiger partial charge on any atom is -0.436 e. The zero-order valence-electron chi connectivity index (χ0n) is 16.4. The lowest BCUT2D eigenvalue weighted by atomic mass is 9.99. The molecular weight excluding hydrogens is 382 g/mol. The molecule has 0 amide bonds. The molecule has 31 heavy (non-hydrogen) atoms. The third kappa shape index (κ3) is 2.92. The summed E-state index contributed by atoms with van der Waals surface area (Å²) in [6.45, 7) is 0. The van der Waals surface area contributed by atoms with Crippen LogP contribution in [-0.2, 0) is 0 Å². The predicted molar refractivity (Wildman–Crippen MR) is 122 cm³/mol. The molecule has 4 heteroatoms. The van der Waals surface area contributed by atoms with E-state index in [1.165, 1.54) is 0 Å². The zero-order chi connectivity index (χ0) is 20.8. The normalized spacial score (nSPS) is 11.2. The van der Waals surface area contributed by atoms with Gasteiger partial charge in [0.1, 0.15) is 11.1 Å². The van der Waals surface area contributed by atoms with Crippen LogP contribution in [0.1, 0.15) is 5.56 Å².